The van der Waals surface area contributed by atoms with Gasteiger partial charge in [-0.3, -0.25) is 0 Å². The number of hydrogen-bond donors (Lipinski definition) is 1. The maximum absolute atomic E-state index is 6.02. The van der Waals surface area contributed by atoms with Crippen LogP contribution in [-0.4, -0.2) is 49.3 Å². The van der Waals surface area contributed by atoms with Crippen molar-refractivity contribution >= 4 is 0 Å². The second-order valence-corrected chi connectivity index (χ2v) is 5.93. The molecule has 0 amide bonds. The second-order valence-electron chi connectivity index (χ2n) is 5.93. The molecule has 1 unspecified atom stereocenters. The van der Waals surface area contributed by atoms with Crippen molar-refractivity contribution in [2.24, 2.45) is 0 Å². The molecule has 0 aromatic carbocycles. The first kappa shape index (κ1) is 14.3. The van der Waals surface area contributed by atoms with Crippen LogP contribution < -0.4 is 5.32 Å². The van der Waals surface area contributed by atoms with Gasteiger partial charge in [0.15, 0.2) is 0 Å². The fraction of sp³-hybridized carbons (Fsp3) is 1.00. The van der Waals surface area contributed by atoms with E-state index in [0.717, 1.165) is 26.0 Å². The smallest absolute Gasteiger partial charge is 0.0692 e. The Balaban J connectivity index is 1.68. The fourth-order valence-electron chi connectivity index (χ4n) is 3.38. The van der Waals surface area contributed by atoms with Crippen LogP contribution in [0.5, 0.6) is 0 Å². The molecule has 0 radical (unpaired) electrons. The largest absolute Gasteiger partial charge is 0.375 e. The molecule has 2 fully saturated rings. The highest BCUT2D eigenvalue weighted by Gasteiger charge is 2.34. The van der Waals surface area contributed by atoms with Gasteiger partial charge in [0.2, 0.25) is 0 Å². The number of nitrogens with one attached hydrogen (secondary N) is 1. The summed E-state index contributed by atoms with van der Waals surface area (Å²) in [5.41, 5.74) is 0.156. The zero-order valence-electron chi connectivity index (χ0n) is 12.2. The van der Waals surface area contributed by atoms with Gasteiger partial charge in [-0.15, -0.1) is 0 Å². The van der Waals surface area contributed by atoms with Crippen LogP contribution in [0.4, 0.5) is 0 Å². The van der Waals surface area contributed by atoms with Crippen LogP contribution >= 0.6 is 0 Å². The van der Waals surface area contributed by atoms with Crippen LogP contribution in [0.3, 0.4) is 0 Å². The molecule has 0 saturated carbocycles. The Morgan fingerprint density at radius 2 is 1.94 bits per heavy atom. The summed E-state index contributed by atoms with van der Waals surface area (Å²) in [5.74, 6) is 0. The Hall–Kier alpha value is -0.120. The van der Waals surface area contributed by atoms with Crippen molar-refractivity contribution in [3.8, 4) is 0 Å². The highest BCUT2D eigenvalue weighted by molar-refractivity contribution is 4.88. The summed E-state index contributed by atoms with van der Waals surface area (Å²) < 4.78 is 6.02. The van der Waals surface area contributed by atoms with E-state index in [1.165, 1.54) is 45.3 Å². The maximum atomic E-state index is 6.02. The van der Waals surface area contributed by atoms with E-state index < -0.39 is 0 Å². The number of hydrogen-bond acceptors (Lipinski definition) is 3. The lowest BCUT2D eigenvalue weighted by atomic mass is 9.86. The molecule has 0 aromatic heterocycles. The predicted octanol–water partition coefficient (Wildman–Crippen LogP) is 2.41. The van der Waals surface area contributed by atoms with Crippen molar-refractivity contribution < 1.29 is 4.74 Å². The number of nitrogens with zero attached hydrogens (tertiary/aromatic N) is 1. The SMILES string of the molecule is CCC1(CC)CC(NCCN2CCCC2)CCO1. The van der Waals surface area contributed by atoms with Gasteiger partial charge in [0, 0.05) is 25.7 Å². The van der Waals surface area contributed by atoms with Crippen LogP contribution in [0.1, 0.15) is 52.4 Å². The number of likely N-dealkylation sites (tertiary alicyclic amines) is 1. The first-order valence-corrected chi connectivity index (χ1v) is 7.88. The van der Waals surface area contributed by atoms with Gasteiger partial charge in [-0.05, 0) is 51.6 Å². The quantitative estimate of drug-likeness (QED) is 0.788. The molecule has 0 bridgehead atoms. The van der Waals surface area contributed by atoms with Gasteiger partial charge >= 0.3 is 0 Å². The molecule has 2 heterocycles. The van der Waals surface area contributed by atoms with Crippen LogP contribution in [-0.2, 0) is 4.74 Å². The van der Waals surface area contributed by atoms with Crippen molar-refractivity contribution in [2.45, 2.75) is 64.0 Å². The van der Waals surface area contributed by atoms with E-state index in [2.05, 4.69) is 24.1 Å². The summed E-state index contributed by atoms with van der Waals surface area (Å²) in [6.07, 6.45) is 7.46. The molecule has 1 N–H and O–H groups in total. The van der Waals surface area contributed by atoms with Gasteiger partial charge in [-0.1, -0.05) is 13.8 Å². The van der Waals surface area contributed by atoms with Crippen molar-refractivity contribution in [1.29, 1.82) is 0 Å². The van der Waals surface area contributed by atoms with Gasteiger partial charge in [-0.25, -0.2) is 0 Å². The Morgan fingerprint density at radius 3 is 2.61 bits per heavy atom. The maximum Gasteiger partial charge on any atom is 0.0692 e. The Kier molecular flexibility index (Phi) is 5.46. The predicted molar refractivity (Wildman–Crippen MR) is 76.0 cm³/mol. The van der Waals surface area contributed by atoms with Gasteiger partial charge in [0.25, 0.3) is 0 Å². The lowest BCUT2D eigenvalue weighted by Crippen LogP contribution is -2.47. The average Bonchev–Trinajstić information content (AvgIpc) is 2.92. The van der Waals surface area contributed by atoms with E-state index in [0.29, 0.717) is 6.04 Å². The van der Waals surface area contributed by atoms with Crippen LogP contribution in [0.15, 0.2) is 0 Å². The second kappa shape index (κ2) is 6.88. The van der Waals surface area contributed by atoms with E-state index in [4.69, 9.17) is 4.74 Å². The fourth-order valence-corrected chi connectivity index (χ4v) is 3.38. The van der Waals surface area contributed by atoms with E-state index in [-0.39, 0.29) is 5.60 Å². The summed E-state index contributed by atoms with van der Waals surface area (Å²) in [7, 11) is 0. The molecule has 1 atom stereocenters. The molecule has 0 aromatic rings. The highest BCUT2D eigenvalue weighted by Crippen LogP contribution is 2.31. The molecule has 106 valence electrons. The Bertz CT molecular complexity index is 235. The standard InChI is InChI=1S/C15H30N2O/c1-3-15(4-2)13-14(7-12-18-15)16-8-11-17-9-5-6-10-17/h14,16H,3-13H2,1-2H3. The molecule has 2 aliphatic heterocycles. The molecular formula is C15H30N2O. The molecular weight excluding hydrogens is 224 g/mol. The van der Waals surface area contributed by atoms with E-state index in [9.17, 15) is 0 Å². The van der Waals surface area contributed by atoms with Crippen molar-refractivity contribution in [3.05, 3.63) is 0 Å². The molecule has 2 rings (SSSR count). The summed E-state index contributed by atoms with van der Waals surface area (Å²) in [6, 6.07) is 0.668. The Morgan fingerprint density at radius 1 is 1.22 bits per heavy atom. The molecule has 0 aliphatic carbocycles. The van der Waals surface area contributed by atoms with E-state index >= 15 is 0 Å². The minimum Gasteiger partial charge on any atom is -0.375 e. The minimum absolute atomic E-state index is 0.156. The van der Waals surface area contributed by atoms with E-state index in [1.54, 1.807) is 0 Å². The summed E-state index contributed by atoms with van der Waals surface area (Å²) in [4.78, 5) is 2.58. The highest BCUT2D eigenvalue weighted by atomic mass is 16.5. The average molecular weight is 254 g/mol. The monoisotopic (exact) mass is 254 g/mol. The molecule has 2 saturated heterocycles. The van der Waals surface area contributed by atoms with E-state index in [1.807, 2.05) is 0 Å². The third-order valence-electron chi connectivity index (χ3n) is 4.84. The minimum atomic E-state index is 0.156. The summed E-state index contributed by atoms with van der Waals surface area (Å²) in [6.45, 7) is 10.4. The van der Waals surface area contributed by atoms with Gasteiger partial charge in [-0.2, -0.15) is 0 Å². The number of rotatable bonds is 6. The van der Waals surface area contributed by atoms with Crippen molar-refractivity contribution in [3.63, 3.8) is 0 Å². The van der Waals surface area contributed by atoms with Gasteiger partial charge in [0.05, 0.1) is 5.60 Å². The lowest BCUT2D eigenvalue weighted by Gasteiger charge is -2.40. The molecule has 3 heteroatoms. The van der Waals surface area contributed by atoms with Crippen molar-refractivity contribution in [2.75, 3.05) is 32.8 Å². The molecule has 3 nitrogen and oxygen atoms in total. The van der Waals surface area contributed by atoms with Crippen LogP contribution in [0.2, 0.25) is 0 Å². The lowest BCUT2D eigenvalue weighted by molar-refractivity contribution is -0.0930. The third kappa shape index (κ3) is 3.69. The zero-order valence-corrected chi connectivity index (χ0v) is 12.2. The summed E-state index contributed by atoms with van der Waals surface area (Å²) in [5, 5.41) is 3.75. The van der Waals surface area contributed by atoms with Gasteiger partial charge in [0.1, 0.15) is 0 Å². The Labute approximate surface area is 112 Å². The first-order chi connectivity index (χ1) is 8.78. The summed E-state index contributed by atoms with van der Waals surface area (Å²) >= 11 is 0. The molecule has 18 heavy (non-hydrogen) atoms. The van der Waals surface area contributed by atoms with Crippen LogP contribution in [0.25, 0.3) is 0 Å². The third-order valence-corrected chi connectivity index (χ3v) is 4.84. The first-order valence-electron chi connectivity index (χ1n) is 7.88. The zero-order chi connectivity index (χ0) is 12.8. The topological polar surface area (TPSA) is 24.5 Å². The number of ether oxygens (including phenoxy) is 1. The molecule has 0 spiro atoms. The molecule has 2 aliphatic rings. The van der Waals surface area contributed by atoms with Gasteiger partial charge < -0.3 is 15.0 Å². The normalized spacial score (nSPS) is 28.7. The van der Waals surface area contributed by atoms with Crippen LogP contribution in [0, 0.1) is 0 Å². The van der Waals surface area contributed by atoms with Crippen molar-refractivity contribution in [1.82, 2.24) is 10.2 Å².